The van der Waals surface area contributed by atoms with Gasteiger partial charge in [0.25, 0.3) is 0 Å². The van der Waals surface area contributed by atoms with Gasteiger partial charge in [-0.1, -0.05) is 30.8 Å². The normalized spacial score (nSPS) is 16.6. The molecule has 35 heavy (non-hydrogen) atoms. The lowest BCUT2D eigenvalue weighted by atomic mass is 9.78. The zero-order valence-electron chi connectivity index (χ0n) is 22.0. The molecule has 8 heteroatoms. The van der Waals surface area contributed by atoms with E-state index in [1.54, 1.807) is 20.8 Å². The minimum atomic E-state index is -0.729. The molecule has 0 aromatic heterocycles. The van der Waals surface area contributed by atoms with Crippen molar-refractivity contribution in [2.75, 3.05) is 18.1 Å². The molecule has 0 N–H and O–H groups in total. The van der Waals surface area contributed by atoms with Crippen LogP contribution in [0.15, 0.2) is 42.5 Å². The van der Waals surface area contributed by atoms with Crippen molar-refractivity contribution in [3.8, 4) is 11.8 Å². The van der Waals surface area contributed by atoms with Gasteiger partial charge in [0.1, 0.15) is 11.4 Å². The second kappa shape index (κ2) is 9.56. The van der Waals surface area contributed by atoms with E-state index in [1.807, 2.05) is 71.0 Å². The average molecular weight is 478 g/mol. The Bertz CT molecular complexity index is 1160. The van der Waals surface area contributed by atoms with Crippen LogP contribution in [0.1, 0.15) is 55.4 Å². The molecule has 3 rings (SSSR count). The number of ether oxygens (including phenoxy) is 2. The molecule has 186 valence electrons. The van der Waals surface area contributed by atoms with E-state index in [0.29, 0.717) is 18.0 Å². The summed E-state index contributed by atoms with van der Waals surface area (Å²) in [5.74, 6) is 0.502. The van der Waals surface area contributed by atoms with Crippen molar-refractivity contribution in [1.82, 2.24) is 0 Å². The van der Waals surface area contributed by atoms with Crippen molar-refractivity contribution in [1.29, 1.82) is 5.26 Å². The summed E-state index contributed by atoms with van der Waals surface area (Å²) in [6.07, 6.45) is -0.594. The Morgan fingerprint density at radius 2 is 1.74 bits per heavy atom. The van der Waals surface area contributed by atoms with E-state index < -0.39 is 30.0 Å². The van der Waals surface area contributed by atoms with E-state index in [9.17, 15) is 10.1 Å². The topological polar surface area (TPSA) is 81.0 Å². The standard InChI is InChI=1S/C27H35BN2O5/c1-10-32-22-14-12-19-11-13-20(28-34-26(6,7)27(8,9)35-28)15-21(19)23(22)30(17-18(2)16-29)24(31)33-25(3,4)5/h11-15H,2,10,17H2,1,3-9H3. The molecule has 1 saturated heterocycles. The van der Waals surface area contributed by atoms with Gasteiger partial charge in [0, 0.05) is 11.0 Å². The van der Waals surface area contributed by atoms with Gasteiger partial charge >= 0.3 is 13.2 Å². The molecule has 1 heterocycles. The Labute approximate surface area is 208 Å². The molecule has 0 bridgehead atoms. The smallest absolute Gasteiger partial charge is 0.492 e. The molecule has 7 nitrogen and oxygen atoms in total. The van der Waals surface area contributed by atoms with Gasteiger partial charge in [-0.2, -0.15) is 5.26 Å². The summed E-state index contributed by atoms with van der Waals surface area (Å²) in [5.41, 5.74) is -0.168. The van der Waals surface area contributed by atoms with Crippen molar-refractivity contribution in [3.63, 3.8) is 0 Å². The summed E-state index contributed by atoms with van der Waals surface area (Å²) in [4.78, 5) is 14.8. The third-order valence-corrected chi connectivity index (χ3v) is 6.20. The Hall–Kier alpha value is -3.02. The lowest BCUT2D eigenvalue weighted by Crippen LogP contribution is -2.41. The van der Waals surface area contributed by atoms with E-state index in [2.05, 4.69) is 6.58 Å². The predicted octanol–water partition coefficient (Wildman–Crippen LogP) is 5.36. The summed E-state index contributed by atoms with van der Waals surface area (Å²) >= 11 is 0. The molecule has 0 unspecified atom stereocenters. The highest BCUT2D eigenvalue weighted by Gasteiger charge is 2.51. The van der Waals surface area contributed by atoms with Crippen LogP contribution >= 0.6 is 0 Å². The second-order valence-corrected chi connectivity index (χ2v) is 10.7. The fourth-order valence-corrected chi connectivity index (χ4v) is 3.76. The number of fused-ring (bicyclic) bond motifs is 1. The molecule has 0 spiro atoms. The quantitative estimate of drug-likeness (QED) is 0.411. The van der Waals surface area contributed by atoms with E-state index in [0.717, 1.165) is 16.2 Å². The van der Waals surface area contributed by atoms with Crippen molar-refractivity contribution in [3.05, 3.63) is 42.5 Å². The summed E-state index contributed by atoms with van der Waals surface area (Å²) < 4.78 is 24.1. The first-order valence-corrected chi connectivity index (χ1v) is 11.8. The van der Waals surface area contributed by atoms with Crippen LogP contribution in [-0.2, 0) is 14.0 Å². The SMILES string of the molecule is C=C(C#N)CN(C(=O)OC(C)(C)C)c1c(OCC)ccc2ccc(B3OC(C)(C)C(C)(C)O3)cc12. The number of hydrogen-bond acceptors (Lipinski definition) is 6. The molecule has 0 atom stereocenters. The van der Waals surface area contributed by atoms with Crippen LogP contribution in [0.3, 0.4) is 0 Å². The van der Waals surface area contributed by atoms with Gasteiger partial charge in [-0.15, -0.1) is 0 Å². The van der Waals surface area contributed by atoms with E-state index in [4.69, 9.17) is 18.8 Å². The number of nitrogens with zero attached hydrogens (tertiary/aromatic N) is 2. The van der Waals surface area contributed by atoms with Gasteiger partial charge in [0.15, 0.2) is 0 Å². The van der Waals surface area contributed by atoms with Crippen LogP contribution in [0.2, 0.25) is 0 Å². The Balaban J connectivity index is 2.21. The first-order valence-electron chi connectivity index (χ1n) is 11.8. The van der Waals surface area contributed by atoms with Gasteiger partial charge in [0.05, 0.1) is 36.1 Å². The maximum Gasteiger partial charge on any atom is 0.494 e. The molecular formula is C27H35BN2O5. The molecule has 1 amide bonds. The number of nitriles is 1. The molecule has 2 aromatic carbocycles. The second-order valence-electron chi connectivity index (χ2n) is 10.7. The van der Waals surface area contributed by atoms with Crippen molar-refractivity contribution < 1.29 is 23.6 Å². The Morgan fingerprint density at radius 3 is 2.29 bits per heavy atom. The molecule has 1 aliphatic heterocycles. The van der Waals surface area contributed by atoms with Gasteiger partial charge in [-0.25, -0.2) is 4.79 Å². The van der Waals surface area contributed by atoms with Gasteiger partial charge in [-0.3, -0.25) is 4.90 Å². The Morgan fingerprint density at radius 1 is 1.14 bits per heavy atom. The monoisotopic (exact) mass is 478 g/mol. The molecule has 0 radical (unpaired) electrons. The van der Waals surface area contributed by atoms with Gasteiger partial charge in [0.2, 0.25) is 0 Å². The van der Waals surface area contributed by atoms with Crippen LogP contribution in [0, 0.1) is 11.3 Å². The molecule has 1 fully saturated rings. The van der Waals surface area contributed by atoms with Crippen LogP contribution in [0.5, 0.6) is 5.75 Å². The molecular weight excluding hydrogens is 443 g/mol. The summed E-state index contributed by atoms with van der Waals surface area (Å²) in [6, 6.07) is 11.7. The largest absolute Gasteiger partial charge is 0.494 e. The summed E-state index contributed by atoms with van der Waals surface area (Å²) in [5, 5.41) is 11.1. The lowest BCUT2D eigenvalue weighted by Gasteiger charge is -2.32. The molecule has 1 aliphatic rings. The molecule has 0 saturated carbocycles. The Kier molecular flexibility index (Phi) is 7.26. The first-order chi connectivity index (χ1) is 16.2. The first kappa shape index (κ1) is 26.6. The fraction of sp³-hybridized carbons (Fsp3) is 0.481. The number of rotatable bonds is 6. The highest BCUT2D eigenvalue weighted by atomic mass is 16.7. The number of benzene rings is 2. The van der Waals surface area contributed by atoms with Crippen LogP contribution in [-0.4, -0.2) is 43.2 Å². The number of hydrogen-bond donors (Lipinski definition) is 0. The van der Waals surface area contributed by atoms with Crippen LogP contribution < -0.4 is 15.1 Å². The maximum absolute atomic E-state index is 13.4. The van der Waals surface area contributed by atoms with E-state index >= 15 is 0 Å². The minimum absolute atomic E-state index is 0.0364. The van der Waals surface area contributed by atoms with Crippen LogP contribution in [0.25, 0.3) is 10.8 Å². The number of amides is 1. The highest BCUT2D eigenvalue weighted by molar-refractivity contribution is 6.62. The highest BCUT2D eigenvalue weighted by Crippen LogP contribution is 2.39. The third kappa shape index (κ3) is 5.63. The third-order valence-electron chi connectivity index (χ3n) is 6.20. The number of carbonyl (C=O) groups excluding carboxylic acids is 1. The zero-order valence-corrected chi connectivity index (χ0v) is 22.0. The average Bonchev–Trinajstić information content (AvgIpc) is 2.97. The number of anilines is 1. The zero-order chi connectivity index (χ0) is 26.2. The van der Waals surface area contributed by atoms with E-state index in [1.165, 1.54) is 4.90 Å². The summed E-state index contributed by atoms with van der Waals surface area (Å²) in [7, 11) is -0.572. The van der Waals surface area contributed by atoms with Crippen molar-refractivity contribution >= 4 is 35.1 Å². The predicted molar refractivity (Wildman–Crippen MR) is 139 cm³/mol. The van der Waals surface area contributed by atoms with Gasteiger partial charge in [-0.05, 0) is 72.3 Å². The van der Waals surface area contributed by atoms with Crippen LogP contribution in [0.4, 0.5) is 10.5 Å². The van der Waals surface area contributed by atoms with Crippen molar-refractivity contribution in [2.24, 2.45) is 0 Å². The number of carbonyl (C=O) groups is 1. The lowest BCUT2D eigenvalue weighted by molar-refractivity contribution is 0.00578. The summed E-state index contributed by atoms with van der Waals surface area (Å²) in [6.45, 7) is 19.4. The van der Waals surface area contributed by atoms with E-state index in [-0.39, 0.29) is 12.1 Å². The molecule has 2 aromatic rings. The minimum Gasteiger partial charge on any atom is -0.492 e. The maximum atomic E-state index is 13.4. The fourth-order valence-electron chi connectivity index (χ4n) is 3.76. The molecule has 0 aliphatic carbocycles. The van der Waals surface area contributed by atoms with Gasteiger partial charge < -0.3 is 18.8 Å². The van der Waals surface area contributed by atoms with Crippen molar-refractivity contribution in [2.45, 2.75) is 72.2 Å².